The minimum Gasteiger partial charge on any atom is -0.476 e. The molecule has 2 heterocycles. The Morgan fingerprint density at radius 2 is 1.83 bits per heavy atom. The fourth-order valence-corrected chi connectivity index (χ4v) is 3.32. The largest absolute Gasteiger partial charge is 0.476 e. The minimum absolute atomic E-state index is 0.00729. The van der Waals surface area contributed by atoms with Gasteiger partial charge in [-0.15, -0.1) is 0 Å². The number of fused-ring (bicyclic) bond motifs is 1. The summed E-state index contributed by atoms with van der Waals surface area (Å²) in [4.78, 5) is 25.1. The van der Waals surface area contributed by atoms with Crippen LogP contribution in [0.15, 0.2) is 24.3 Å². The summed E-state index contributed by atoms with van der Waals surface area (Å²) in [6.45, 7) is 1.38. The van der Waals surface area contributed by atoms with Crippen molar-refractivity contribution >= 4 is 35.1 Å². The van der Waals surface area contributed by atoms with Crippen LogP contribution in [0, 0.1) is 0 Å². The fraction of sp³-hybridized carbons (Fsp3) is 0.312. The first-order valence-corrected chi connectivity index (χ1v) is 8.21. The maximum absolute atomic E-state index is 12.4. The molecular weight excluding hydrogens is 353 g/mol. The number of nitrogens with zero attached hydrogens (tertiary/aromatic N) is 3. The highest BCUT2D eigenvalue weighted by molar-refractivity contribution is 6.34. The van der Waals surface area contributed by atoms with Crippen LogP contribution in [0.1, 0.15) is 28.2 Å². The van der Waals surface area contributed by atoms with Crippen LogP contribution in [0.2, 0.25) is 10.0 Å². The van der Waals surface area contributed by atoms with Gasteiger partial charge in [0.15, 0.2) is 5.69 Å². The number of aryl methyl sites for hydroxylation is 1. The third-order valence-corrected chi connectivity index (χ3v) is 4.36. The van der Waals surface area contributed by atoms with E-state index in [-0.39, 0.29) is 11.6 Å². The fourth-order valence-electron chi connectivity index (χ4n) is 2.75. The van der Waals surface area contributed by atoms with Crippen molar-refractivity contribution in [1.82, 2.24) is 14.7 Å². The van der Waals surface area contributed by atoms with Gasteiger partial charge in [0.25, 0.3) is 0 Å². The summed E-state index contributed by atoms with van der Waals surface area (Å²) in [6.07, 6.45) is 0.895. The van der Waals surface area contributed by atoms with Crippen LogP contribution in [-0.2, 0) is 24.3 Å². The van der Waals surface area contributed by atoms with Crippen molar-refractivity contribution in [3.63, 3.8) is 0 Å². The van der Waals surface area contributed by atoms with Gasteiger partial charge in [-0.1, -0.05) is 23.2 Å². The quantitative estimate of drug-likeness (QED) is 0.901. The van der Waals surface area contributed by atoms with E-state index in [0.29, 0.717) is 42.5 Å². The van der Waals surface area contributed by atoms with Crippen LogP contribution >= 0.6 is 23.2 Å². The highest BCUT2D eigenvalue weighted by Gasteiger charge is 2.23. The Balaban J connectivity index is 1.62. The predicted octanol–water partition coefficient (Wildman–Crippen LogP) is 2.86. The van der Waals surface area contributed by atoms with Gasteiger partial charge in [-0.2, -0.15) is 5.10 Å². The molecule has 0 radical (unpaired) electrons. The van der Waals surface area contributed by atoms with Crippen LogP contribution in [0.4, 0.5) is 0 Å². The van der Waals surface area contributed by atoms with Crippen LogP contribution in [0.25, 0.3) is 0 Å². The molecule has 0 bridgehead atoms. The number of carboxylic acids is 1. The number of carboxylic acid groups (broad SMARTS) is 1. The van der Waals surface area contributed by atoms with Gasteiger partial charge >= 0.3 is 5.97 Å². The number of hydrogen-bond donors (Lipinski definition) is 1. The topological polar surface area (TPSA) is 75.4 Å². The molecule has 126 valence electrons. The van der Waals surface area contributed by atoms with Crippen LogP contribution in [-0.4, -0.2) is 38.2 Å². The average Bonchev–Trinajstić information content (AvgIpc) is 2.95. The number of carbonyl (C=O) groups excluding carboxylic acids is 1. The molecule has 0 saturated carbocycles. The summed E-state index contributed by atoms with van der Waals surface area (Å²) in [5, 5.41) is 14.1. The van der Waals surface area contributed by atoms with E-state index in [9.17, 15) is 9.59 Å². The van der Waals surface area contributed by atoms with Gasteiger partial charge in [0.1, 0.15) is 0 Å². The van der Waals surface area contributed by atoms with Gasteiger partial charge in [0.05, 0.1) is 18.8 Å². The molecule has 8 heteroatoms. The molecule has 24 heavy (non-hydrogen) atoms. The van der Waals surface area contributed by atoms with Gasteiger partial charge in [0.2, 0.25) is 5.91 Å². The number of amides is 1. The Kier molecular flexibility index (Phi) is 4.78. The summed E-state index contributed by atoms with van der Waals surface area (Å²) in [5.41, 5.74) is 1.65. The lowest BCUT2D eigenvalue weighted by atomic mass is 10.1. The number of hydrogen-bond acceptors (Lipinski definition) is 3. The molecule has 0 aliphatic carbocycles. The number of benzene rings is 1. The van der Waals surface area contributed by atoms with E-state index in [0.717, 1.165) is 11.3 Å². The highest BCUT2D eigenvalue weighted by atomic mass is 35.5. The smallest absolute Gasteiger partial charge is 0.356 e. The van der Waals surface area contributed by atoms with Crippen LogP contribution in [0.3, 0.4) is 0 Å². The van der Waals surface area contributed by atoms with E-state index >= 15 is 0 Å². The van der Waals surface area contributed by atoms with E-state index in [4.69, 9.17) is 28.3 Å². The summed E-state index contributed by atoms with van der Waals surface area (Å²) in [7, 11) is 0. The summed E-state index contributed by atoms with van der Waals surface area (Å²) >= 11 is 11.9. The minimum atomic E-state index is -1.06. The molecule has 0 fully saturated rings. The van der Waals surface area contributed by atoms with Crippen molar-refractivity contribution in [2.45, 2.75) is 25.9 Å². The molecule has 1 aliphatic rings. The van der Waals surface area contributed by atoms with E-state index in [1.807, 2.05) is 0 Å². The van der Waals surface area contributed by atoms with E-state index in [1.54, 1.807) is 27.8 Å². The van der Waals surface area contributed by atoms with E-state index < -0.39 is 5.97 Å². The number of aromatic carboxylic acids is 1. The maximum Gasteiger partial charge on any atom is 0.356 e. The molecular formula is C16H15Cl2N3O3. The van der Waals surface area contributed by atoms with Crippen LogP contribution < -0.4 is 0 Å². The maximum atomic E-state index is 12.4. The number of aromatic nitrogens is 2. The summed E-state index contributed by atoms with van der Waals surface area (Å²) in [6, 6.07) is 6.76. The second-order valence-electron chi connectivity index (χ2n) is 5.64. The Morgan fingerprint density at radius 1 is 1.12 bits per heavy atom. The summed E-state index contributed by atoms with van der Waals surface area (Å²) in [5.74, 6) is -1.05. The Labute approximate surface area is 148 Å². The molecule has 1 aromatic heterocycles. The zero-order valence-electron chi connectivity index (χ0n) is 12.7. The number of rotatable bonds is 4. The SMILES string of the molecule is O=C(O)c1cc2n(n1)CCN(C(=O)CCc1cc(Cl)cc(Cl)c1)C2. The van der Waals surface area contributed by atoms with Crippen molar-refractivity contribution in [3.05, 3.63) is 51.3 Å². The molecule has 1 aromatic carbocycles. The second kappa shape index (κ2) is 6.83. The average molecular weight is 368 g/mol. The first kappa shape index (κ1) is 16.8. The lowest BCUT2D eigenvalue weighted by Crippen LogP contribution is -2.38. The Bertz CT molecular complexity index is 784. The first-order valence-electron chi connectivity index (χ1n) is 7.45. The zero-order valence-corrected chi connectivity index (χ0v) is 14.2. The van der Waals surface area contributed by atoms with Crippen molar-refractivity contribution < 1.29 is 14.7 Å². The first-order chi connectivity index (χ1) is 11.4. The van der Waals surface area contributed by atoms with Gasteiger partial charge in [-0.25, -0.2) is 4.79 Å². The molecule has 6 nitrogen and oxygen atoms in total. The second-order valence-corrected chi connectivity index (χ2v) is 6.52. The molecule has 0 spiro atoms. The lowest BCUT2D eigenvalue weighted by Gasteiger charge is -2.27. The third kappa shape index (κ3) is 3.71. The molecule has 1 N–H and O–H groups in total. The monoisotopic (exact) mass is 367 g/mol. The molecule has 1 aliphatic heterocycles. The molecule has 1 amide bonds. The van der Waals surface area contributed by atoms with Gasteiger partial charge < -0.3 is 10.0 Å². The molecule has 0 saturated heterocycles. The lowest BCUT2D eigenvalue weighted by molar-refractivity contribution is -0.132. The van der Waals surface area contributed by atoms with Crippen molar-refractivity contribution in [1.29, 1.82) is 0 Å². The Hall–Kier alpha value is -2.05. The molecule has 2 aromatic rings. The number of carbonyl (C=O) groups is 2. The zero-order chi connectivity index (χ0) is 17.3. The molecule has 0 unspecified atom stereocenters. The highest BCUT2D eigenvalue weighted by Crippen LogP contribution is 2.21. The van der Waals surface area contributed by atoms with Crippen LogP contribution in [0.5, 0.6) is 0 Å². The van der Waals surface area contributed by atoms with Crippen molar-refractivity contribution in [2.75, 3.05) is 6.54 Å². The normalized spacial score (nSPS) is 13.7. The number of halogens is 2. The Morgan fingerprint density at radius 3 is 2.50 bits per heavy atom. The van der Waals surface area contributed by atoms with E-state index in [2.05, 4.69) is 5.10 Å². The van der Waals surface area contributed by atoms with Gasteiger partial charge in [-0.3, -0.25) is 9.48 Å². The van der Waals surface area contributed by atoms with Crippen molar-refractivity contribution in [2.24, 2.45) is 0 Å². The van der Waals surface area contributed by atoms with E-state index in [1.165, 1.54) is 6.07 Å². The molecule has 3 rings (SSSR count). The van der Waals surface area contributed by atoms with Gasteiger partial charge in [0, 0.05) is 23.0 Å². The predicted molar refractivity (Wildman–Crippen MR) is 89.4 cm³/mol. The van der Waals surface area contributed by atoms with Crippen molar-refractivity contribution in [3.8, 4) is 0 Å². The van der Waals surface area contributed by atoms with Gasteiger partial charge in [-0.05, 0) is 36.2 Å². The third-order valence-electron chi connectivity index (χ3n) is 3.92. The molecule has 0 atom stereocenters. The summed E-state index contributed by atoms with van der Waals surface area (Å²) < 4.78 is 1.64. The standard InChI is InChI=1S/C16H15Cl2N3O3/c17-11-5-10(6-12(18)7-11)1-2-15(22)20-3-4-21-13(9-20)8-14(19-21)16(23)24/h5-8H,1-4,9H2,(H,23,24).